The minimum atomic E-state index is 0. The van der Waals surface area contributed by atoms with Gasteiger partial charge in [-0.2, -0.15) is 0 Å². The van der Waals surface area contributed by atoms with Gasteiger partial charge in [0.2, 0.25) is 0 Å². The molecule has 0 spiro atoms. The van der Waals surface area contributed by atoms with Crippen LogP contribution in [0.4, 0.5) is 0 Å². The van der Waals surface area contributed by atoms with Crippen LogP contribution >= 0.6 is 0 Å². The largest absolute Gasteiger partial charge is 0.395 e. The molecule has 2 nitrogen and oxygen atoms in total. The van der Waals surface area contributed by atoms with Gasteiger partial charge in [-0.3, -0.25) is 0 Å². The van der Waals surface area contributed by atoms with Gasteiger partial charge in [-0.1, -0.05) is 13.8 Å². The van der Waals surface area contributed by atoms with Gasteiger partial charge in [-0.25, -0.2) is 0 Å². The summed E-state index contributed by atoms with van der Waals surface area (Å²) >= 11 is 0. The van der Waals surface area contributed by atoms with Crippen LogP contribution in [0.5, 0.6) is 0 Å². The van der Waals surface area contributed by atoms with Crippen molar-refractivity contribution >= 4 is 0 Å². The zero-order valence-electron chi connectivity index (χ0n) is 7.04. The molecule has 0 atom stereocenters. The Hall–Kier alpha value is 0.504. The van der Waals surface area contributed by atoms with Crippen LogP contribution in [0.15, 0.2) is 0 Å². The number of hydrogen-bond acceptors (Lipinski definition) is 2. The Morgan fingerprint density at radius 3 is 2.20 bits per heavy atom. The van der Waals surface area contributed by atoms with Gasteiger partial charge in [0.25, 0.3) is 0 Å². The summed E-state index contributed by atoms with van der Waals surface area (Å²) in [6, 6.07) is 0. The van der Waals surface area contributed by atoms with Crippen LogP contribution in [0, 0.1) is 5.92 Å². The third-order valence-electron chi connectivity index (χ3n) is 1.16. The van der Waals surface area contributed by atoms with Crippen molar-refractivity contribution in [2.24, 2.45) is 5.92 Å². The van der Waals surface area contributed by atoms with Crippen molar-refractivity contribution in [3.63, 3.8) is 0 Å². The zero-order chi connectivity index (χ0) is 7.28. The Kier molecular flexibility index (Phi) is 9.98. The van der Waals surface area contributed by atoms with Gasteiger partial charge in [-0.15, -0.1) is 0 Å². The van der Waals surface area contributed by atoms with E-state index in [0.717, 1.165) is 13.1 Å². The number of aliphatic hydroxyl groups is 1. The molecule has 0 aliphatic carbocycles. The van der Waals surface area contributed by atoms with Crippen LogP contribution in [0.25, 0.3) is 0 Å². The first kappa shape index (κ1) is 13.1. The van der Waals surface area contributed by atoms with E-state index in [1.807, 2.05) is 7.05 Å². The van der Waals surface area contributed by atoms with E-state index in [1.54, 1.807) is 0 Å². The first-order chi connectivity index (χ1) is 4.16. The maximum absolute atomic E-state index is 8.51. The van der Waals surface area contributed by atoms with E-state index >= 15 is 0 Å². The minimum Gasteiger partial charge on any atom is -0.395 e. The monoisotopic (exact) mass is 182 g/mol. The van der Waals surface area contributed by atoms with Gasteiger partial charge in [0.1, 0.15) is 0 Å². The molecular formula is C7H17NOV. The molecule has 0 bridgehead atoms. The minimum absolute atomic E-state index is 0. The molecule has 1 radical (unpaired) electrons. The smallest absolute Gasteiger partial charge is 0.0558 e. The third-order valence-corrected chi connectivity index (χ3v) is 1.16. The van der Waals surface area contributed by atoms with Crippen LogP contribution in [-0.4, -0.2) is 36.8 Å². The van der Waals surface area contributed by atoms with Crippen LogP contribution in [0.3, 0.4) is 0 Å². The van der Waals surface area contributed by atoms with Gasteiger partial charge in [0.05, 0.1) is 6.61 Å². The quantitative estimate of drug-likeness (QED) is 0.686. The number of nitrogens with zero attached hydrogens (tertiary/aromatic N) is 1. The standard InChI is InChI=1S/C7H17NO.V/c1-7(2)6-8(3)4-5-9;/h7,9H,4-6H2,1-3H3;. The fraction of sp³-hybridized carbons (Fsp3) is 1.00. The average molecular weight is 182 g/mol. The van der Waals surface area contributed by atoms with E-state index in [2.05, 4.69) is 18.7 Å². The van der Waals surface area contributed by atoms with E-state index in [9.17, 15) is 0 Å². The van der Waals surface area contributed by atoms with E-state index in [1.165, 1.54) is 0 Å². The molecular weight excluding hydrogens is 165 g/mol. The Morgan fingerprint density at radius 1 is 1.40 bits per heavy atom. The van der Waals surface area contributed by atoms with Crippen molar-refractivity contribution in [3.05, 3.63) is 0 Å². The molecule has 0 heterocycles. The second kappa shape index (κ2) is 7.61. The molecule has 0 fully saturated rings. The first-order valence-electron chi connectivity index (χ1n) is 3.46. The summed E-state index contributed by atoms with van der Waals surface area (Å²) in [6.45, 7) is 6.48. The van der Waals surface area contributed by atoms with E-state index in [4.69, 9.17) is 5.11 Å². The Balaban J connectivity index is 0. The van der Waals surface area contributed by atoms with E-state index in [0.29, 0.717) is 5.92 Å². The zero-order valence-corrected chi connectivity index (χ0v) is 8.44. The summed E-state index contributed by atoms with van der Waals surface area (Å²) in [5.41, 5.74) is 0. The summed E-state index contributed by atoms with van der Waals surface area (Å²) in [7, 11) is 2.02. The van der Waals surface area contributed by atoms with Crippen LogP contribution in [-0.2, 0) is 18.6 Å². The summed E-state index contributed by atoms with van der Waals surface area (Å²) in [4.78, 5) is 2.13. The Bertz CT molecular complexity index is 68.6. The second-order valence-electron chi connectivity index (χ2n) is 2.88. The predicted molar refractivity (Wildman–Crippen MR) is 39.4 cm³/mol. The molecule has 3 heteroatoms. The average Bonchev–Trinajstić information content (AvgIpc) is 1.63. The van der Waals surface area contributed by atoms with E-state index < -0.39 is 0 Å². The molecule has 0 aromatic rings. The van der Waals surface area contributed by atoms with Crippen molar-refractivity contribution in [1.29, 1.82) is 0 Å². The van der Waals surface area contributed by atoms with Gasteiger partial charge in [0, 0.05) is 31.6 Å². The van der Waals surface area contributed by atoms with Gasteiger partial charge >= 0.3 is 0 Å². The molecule has 61 valence electrons. The fourth-order valence-corrected chi connectivity index (χ4v) is 0.885. The van der Waals surface area contributed by atoms with Gasteiger partial charge in [-0.05, 0) is 13.0 Å². The molecule has 10 heavy (non-hydrogen) atoms. The van der Waals surface area contributed by atoms with Crippen molar-refractivity contribution in [3.8, 4) is 0 Å². The first-order valence-corrected chi connectivity index (χ1v) is 3.46. The fourth-order valence-electron chi connectivity index (χ4n) is 0.885. The normalized spacial score (nSPS) is 10.2. The topological polar surface area (TPSA) is 23.5 Å². The van der Waals surface area contributed by atoms with Gasteiger partial charge in [0.15, 0.2) is 0 Å². The van der Waals surface area contributed by atoms with Crippen LogP contribution in [0.2, 0.25) is 0 Å². The van der Waals surface area contributed by atoms with Crippen LogP contribution in [0.1, 0.15) is 13.8 Å². The van der Waals surface area contributed by atoms with Crippen molar-refractivity contribution in [1.82, 2.24) is 4.90 Å². The maximum atomic E-state index is 8.51. The van der Waals surface area contributed by atoms with Crippen LogP contribution < -0.4 is 0 Å². The molecule has 0 saturated heterocycles. The molecule has 0 rings (SSSR count). The summed E-state index contributed by atoms with van der Waals surface area (Å²) in [5.74, 6) is 0.696. The summed E-state index contributed by atoms with van der Waals surface area (Å²) in [6.07, 6.45) is 0. The summed E-state index contributed by atoms with van der Waals surface area (Å²) < 4.78 is 0. The SMILES string of the molecule is CC(C)CN(C)CCO.[V]. The van der Waals surface area contributed by atoms with E-state index in [-0.39, 0.29) is 25.2 Å². The maximum Gasteiger partial charge on any atom is 0.0558 e. The molecule has 0 amide bonds. The predicted octanol–water partition coefficient (Wildman–Crippen LogP) is 0.564. The number of likely N-dealkylation sites (N-methyl/N-ethyl adjacent to an activating group) is 1. The second-order valence-corrected chi connectivity index (χ2v) is 2.88. The molecule has 0 unspecified atom stereocenters. The molecule has 1 N–H and O–H groups in total. The Labute approximate surface area is 75.5 Å². The molecule has 0 aromatic carbocycles. The van der Waals surface area contributed by atoms with Crippen molar-refractivity contribution in [2.45, 2.75) is 13.8 Å². The molecule has 0 saturated carbocycles. The van der Waals surface area contributed by atoms with Gasteiger partial charge < -0.3 is 10.0 Å². The number of aliphatic hydroxyl groups excluding tert-OH is 1. The van der Waals surface area contributed by atoms with Crippen molar-refractivity contribution in [2.75, 3.05) is 26.7 Å². The Morgan fingerprint density at radius 2 is 1.90 bits per heavy atom. The molecule has 0 aliphatic rings. The molecule has 0 aromatic heterocycles. The number of rotatable bonds is 4. The van der Waals surface area contributed by atoms with Crippen molar-refractivity contribution < 1.29 is 23.7 Å². The summed E-state index contributed by atoms with van der Waals surface area (Å²) in [5, 5.41) is 8.51. The third kappa shape index (κ3) is 8.50. The number of hydrogen-bond donors (Lipinski definition) is 1. The molecule has 0 aliphatic heterocycles.